The van der Waals surface area contributed by atoms with Crippen LogP contribution in [-0.2, 0) is 11.4 Å². The number of carbonyl (C=O) groups is 1. The number of phenolic OH excluding ortho intramolecular Hbond substituents is 1. The number of halogens is 1. The number of carbonyl (C=O) groups excluding carboxylic acids is 1. The molecular formula is C28H30ClN3O5. The first kappa shape index (κ1) is 25.4. The lowest BCUT2D eigenvalue weighted by Gasteiger charge is -2.31. The van der Waals surface area contributed by atoms with Crippen molar-refractivity contribution >= 4 is 17.5 Å². The van der Waals surface area contributed by atoms with Crippen LogP contribution < -0.4 is 20.3 Å². The zero-order valence-electron chi connectivity index (χ0n) is 20.6. The van der Waals surface area contributed by atoms with Crippen LogP contribution in [0.3, 0.4) is 0 Å². The molecule has 8 nitrogen and oxygen atoms in total. The van der Waals surface area contributed by atoms with Gasteiger partial charge in [-0.25, -0.2) is 10.9 Å². The summed E-state index contributed by atoms with van der Waals surface area (Å²) in [5.74, 6) is 0.831. The molecule has 2 aliphatic heterocycles. The molecular weight excluding hydrogens is 494 g/mol. The number of benzene rings is 3. The molecule has 0 aromatic heterocycles. The SMILES string of the molecule is COc1cc(C2C3C(NNC3c3cc(Cl)c(C)cc3O)C(=O)N2CCO)ccc1OCc1ccccc1. The third-order valence-electron chi connectivity index (χ3n) is 7.16. The van der Waals surface area contributed by atoms with Crippen molar-refractivity contribution < 1.29 is 24.5 Å². The summed E-state index contributed by atoms with van der Waals surface area (Å²) >= 11 is 6.40. The van der Waals surface area contributed by atoms with Crippen LogP contribution in [0.25, 0.3) is 0 Å². The Hall–Kier alpha value is -3.30. The quantitative estimate of drug-likeness (QED) is 0.357. The number of rotatable bonds is 8. The predicted molar refractivity (Wildman–Crippen MR) is 139 cm³/mol. The van der Waals surface area contributed by atoms with Crippen LogP contribution in [0.15, 0.2) is 60.7 Å². The van der Waals surface area contributed by atoms with Crippen LogP contribution in [0.2, 0.25) is 5.02 Å². The van der Waals surface area contributed by atoms with E-state index in [0.29, 0.717) is 28.7 Å². The second-order valence-corrected chi connectivity index (χ2v) is 9.77. The van der Waals surface area contributed by atoms with Gasteiger partial charge >= 0.3 is 0 Å². The molecule has 0 radical (unpaired) electrons. The Morgan fingerprint density at radius 3 is 2.51 bits per heavy atom. The van der Waals surface area contributed by atoms with Gasteiger partial charge in [-0.15, -0.1) is 0 Å². The summed E-state index contributed by atoms with van der Waals surface area (Å²) in [7, 11) is 1.58. The number of hydrogen-bond acceptors (Lipinski definition) is 7. The van der Waals surface area contributed by atoms with E-state index in [1.165, 1.54) is 0 Å². The number of nitrogens with one attached hydrogen (secondary N) is 2. The minimum Gasteiger partial charge on any atom is -0.508 e. The van der Waals surface area contributed by atoms with E-state index in [9.17, 15) is 15.0 Å². The molecule has 2 saturated heterocycles. The Morgan fingerprint density at radius 1 is 1.03 bits per heavy atom. The van der Waals surface area contributed by atoms with Crippen molar-refractivity contribution in [3.05, 3.63) is 87.9 Å². The van der Waals surface area contributed by atoms with E-state index in [4.69, 9.17) is 21.1 Å². The van der Waals surface area contributed by atoms with E-state index in [1.54, 1.807) is 24.1 Å². The normalized spacial score (nSPS) is 22.8. The number of nitrogens with zero attached hydrogens (tertiary/aromatic N) is 1. The Bertz CT molecular complexity index is 1290. The number of phenols is 1. The predicted octanol–water partition coefficient (Wildman–Crippen LogP) is 3.65. The highest BCUT2D eigenvalue weighted by Crippen LogP contribution is 2.50. The van der Waals surface area contributed by atoms with Gasteiger partial charge in [0.25, 0.3) is 0 Å². The summed E-state index contributed by atoms with van der Waals surface area (Å²) in [6.07, 6.45) is 0. The van der Waals surface area contributed by atoms with Crippen molar-refractivity contribution in [3.8, 4) is 17.2 Å². The van der Waals surface area contributed by atoms with Gasteiger partial charge in [0.2, 0.25) is 5.91 Å². The first-order valence-electron chi connectivity index (χ1n) is 12.2. The van der Waals surface area contributed by atoms with E-state index < -0.39 is 18.1 Å². The van der Waals surface area contributed by atoms with E-state index >= 15 is 0 Å². The summed E-state index contributed by atoms with van der Waals surface area (Å²) in [6.45, 7) is 2.23. The minimum absolute atomic E-state index is 0.107. The fraction of sp³-hybridized carbons (Fsp3) is 0.321. The monoisotopic (exact) mass is 523 g/mol. The smallest absolute Gasteiger partial charge is 0.242 e. The molecule has 2 fully saturated rings. The van der Waals surface area contributed by atoms with Crippen molar-refractivity contribution in [2.75, 3.05) is 20.3 Å². The lowest BCUT2D eigenvalue weighted by molar-refractivity contribution is -0.131. The number of aryl methyl sites for hydroxylation is 1. The zero-order valence-corrected chi connectivity index (χ0v) is 21.4. The Balaban J connectivity index is 1.50. The molecule has 37 heavy (non-hydrogen) atoms. The summed E-state index contributed by atoms with van der Waals surface area (Å²) < 4.78 is 11.7. The molecule has 3 aromatic rings. The van der Waals surface area contributed by atoms with E-state index in [2.05, 4.69) is 10.9 Å². The van der Waals surface area contributed by atoms with Crippen LogP contribution in [-0.4, -0.2) is 47.3 Å². The Labute approximate surface area is 220 Å². The average molecular weight is 524 g/mol. The molecule has 3 aromatic carbocycles. The highest BCUT2D eigenvalue weighted by Gasteiger charge is 2.55. The average Bonchev–Trinajstić information content (AvgIpc) is 3.44. The molecule has 0 bridgehead atoms. The molecule has 0 spiro atoms. The molecule has 4 N–H and O–H groups in total. The van der Waals surface area contributed by atoms with Crippen molar-refractivity contribution in [2.24, 2.45) is 5.92 Å². The van der Waals surface area contributed by atoms with Crippen LogP contribution in [0.5, 0.6) is 17.2 Å². The molecule has 2 aliphatic rings. The maximum atomic E-state index is 13.4. The third-order valence-corrected chi connectivity index (χ3v) is 7.57. The molecule has 0 aliphatic carbocycles. The summed E-state index contributed by atoms with van der Waals surface area (Å²) in [6, 6.07) is 17.5. The van der Waals surface area contributed by atoms with Gasteiger partial charge in [0.1, 0.15) is 18.4 Å². The lowest BCUT2D eigenvalue weighted by Crippen LogP contribution is -2.42. The second-order valence-electron chi connectivity index (χ2n) is 9.37. The van der Waals surface area contributed by atoms with Crippen molar-refractivity contribution in [1.29, 1.82) is 0 Å². The van der Waals surface area contributed by atoms with Gasteiger partial charge < -0.3 is 24.6 Å². The molecule has 4 unspecified atom stereocenters. The Kier molecular flexibility index (Phi) is 7.26. The van der Waals surface area contributed by atoms with Crippen LogP contribution in [0.1, 0.15) is 34.3 Å². The highest BCUT2D eigenvalue weighted by molar-refractivity contribution is 6.31. The first-order valence-corrected chi connectivity index (χ1v) is 12.6. The molecule has 0 saturated carbocycles. The first-order chi connectivity index (χ1) is 17.9. The maximum Gasteiger partial charge on any atom is 0.242 e. The van der Waals surface area contributed by atoms with Crippen molar-refractivity contribution in [3.63, 3.8) is 0 Å². The van der Waals surface area contributed by atoms with Crippen LogP contribution in [0, 0.1) is 12.8 Å². The molecule has 9 heteroatoms. The molecule has 4 atom stereocenters. The fourth-order valence-corrected chi connectivity index (χ4v) is 5.55. The number of aliphatic hydroxyl groups excluding tert-OH is 1. The maximum absolute atomic E-state index is 13.4. The number of methoxy groups -OCH3 is 1. The van der Waals surface area contributed by atoms with Crippen molar-refractivity contribution in [2.45, 2.75) is 31.7 Å². The molecule has 2 heterocycles. The largest absolute Gasteiger partial charge is 0.508 e. The Morgan fingerprint density at radius 2 is 1.78 bits per heavy atom. The number of hydrogen-bond donors (Lipinski definition) is 4. The summed E-state index contributed by atoms with van der Waals surface area (Å²) in [4.78, 5) is 15.1. The number of aliphatic hydroxyl groups is 1. The number of likely N-dealkylation sites (tertiary alicyclic amines) is 1. The molecule has 1 amide bonds. The van der Waals surface area contributed by atoms with Crippen LogP contribution in [0.4, 0.5) is 0 Å². The zero-order chi connectivity index (χ0) is 26.1. The number of amides is 1. The standard InChI is InChI=1S/C28H30ClN3O5/c1-16-12-21(34)19(14-20(16)29)25-24-26(31-30-25)28(35)32(10-11-33)27(24)18-8-9-22(23(13-18)36-2)37-15-17-6-4-3-5-7-17/h3-9,12-14,24-27,30-31,33-34H,10-11,15H2,1-2H3. The van der Waals surface area contributed by atoms with E-state index in [1.807, 2.05) is 55.5 Å². The lowest BCUT2D eigenvalue weighted by atomic mass is 9.83. The number of aromatic hydroxyl groups is 1. The number of ether oxygens (including phenoxy) is 2. The van der Waals surface area contributed by atoms with E-state index in [-0.39, 0.29) is 30.7 Å². The topological polar surface area (TPSA) is 103 Å². The summed E-state index contributed by atoms with van der Waals surface area (Å²) in [5, 5.41) is 21.1. The van der Waals surface area contributed by atoms with Gasteiger partial charge in [-0.1, -0.05) is 48.0 Å². The van der Waals surface area contributed by atoms with Gasteiger partial charge in [-0.05, 0) is 47.9 Å². The van der Waals surface area contributed by atoms with Gasteiger partial charge in [-0.3, -0.25) is 4.79 Å². The highest BCUT2D eigenvalue weighted by atomic mass is 35.5. The second kappa shape index (κ2) is 10.6. The van der Waals surface area contributed by atoms with Gasteiger partial charge in [-0.2, -0.15) is 0 Å². The van der Waals surface area contributed by atoms with Gasteiger partial charge in [0, 0.05) is 23.0 Å². The van der Waals surface area contributed by atoms with E-state index in [0.717, 1.165) is 16.7 Å². The fourth-order valence-electron chi connectivity index (χ4n) is 5.38. The minimum atomic E-state index is -0.541. The van der Waals surface area contributed by atoms with Gasteiger partial charge in [0.05, 0.1) is 25.8 Å². The number of hydrazine groups is 1. The third kappa shape index (κ3) is 4.73. The number of fused-ring (bicyclic) bond motifs is 1. The van der Waals surface area contributed by atoms with Gasteiger partial charge in [0.15, 0.2) is 11.5 Å². The molecule has 194 valence electrons. The van der Waals surface area contributed by atoms with Crippen LogP contribution >= 0.6 is 11.6 Å². The molecule has 5 rings (SSSR count). The summed E-state index contributed by atoms with van der Waals surface area (Å²) in [5.41, 5.74) is 9.56. The van der Waals surface area contributed by atoms with Crippen molar-refractivity contribution in [1.82, 2.24) is 15.8 Å². The number of β-amino-alcohol motifs (C(OH)–C–C–N with tert-alkyl or cyclic N) is 1.